The fraction of sp³-hybridized carbons (Fsp3) is 0.500. The van der Waals surface area contributed by atoms with Gasteiger partial charge in [-0.05, 0) is 32.3 Å². The van der Waals surface area contributed by atoms with E-state index in [1.54, 1.807) is 18.3 Å². The van der Waals surface area contributed by atoms with E-state index in [1.165, 1.54) is 0 Å². The molecule has 7 heteroatoms. The first-order valence-corrected chi connectivity index (χ1v) is 10.4. The van der Waals surface area contributed by atoms with Crippen molar-refractivity contribution in [1.82, 2.24) is 19.8 Å². The van der Waals surface area contributed by atoms with Crippen molar-refractivity contribution in [2.75, 3.05) is 13.1 Å². The van der Waals surface area contributed by atoms with Gasteiger partial charge in [-0.2, -0.15) is 0 Å². The first-order chi connectivity index (χ1) is 13.0. The summed E-state index contributed by atoms with van der Waals surface area (Å²) < 4.78 is 0. The van der Waals surface area contributed by atoms with Crippen molar-refractivity contribution in [2.24, 2.45) is 0 Å². The van der Waals surface area contributed by atoms with Crippen LogP contribution in [0.2, 0.25) is 0 Å². The van der Waals surface area contributed by atoms with Gasteiger partial charge >= 0.3 is 0 Å². The Morgan fingerprint density at radius 3 is 2.85 bits per heavy atom. The summed E-state index contributed by atoms with van der Waals surface area (Å²) in [6.45, 7) is 5.62. The summed E-state index contributed by atoms with van der Waals surface area (Å²) in [5.41, 5.74) is 2.79. The van der Waals surface area contributed by atoms with Gasteiger partial charge < -0.3 is 9.80 Å². The van der Waals surface area contributed by atoms with Gasteiger partial charge in [0, 0.05) is 55.0 Å². The van der Waals surface area contributed by atoms with Gasteiger partial charge in [-0.15, -0.1) is 11.3 Å². The molecule has 2 aliphatic rings. The third-order valence-electron chi connectivity index (χ3n) is 5.42. The maximum Gasteiger partial charge on any atom is 0.255 e. The fourth-order valence-electron chi connectivity index (χ4n) is 3.98. The minimum Gasteiger partial charge on any atom is -0.334 e. The average Bonchev–Trinajstić information content (AvgIpc) is 3.13. The molecule has 1 saturated heterocycles. The summed E-state index contributed by atoms with van der Waals surface area (Å²) in [5.74, 6) is 0.907. The summed E-state index contributed by atoms with van der Waals surface area (Å²) >= 11 is 1.60. The van der Waals surface area contributed by atoms with Gasteiger partial charge in [-0.25, -0.2) is 9.97 Å². The molecule has 0 aromatic carbocycles. The zero-order valence-corrected chi connectivity index (χ0v) is 16.6. The van der Waals surface area contributed by atoms with E-state index in [2.05, 4.69) is 4.98 Å². The highest BCUT2D eigenvalue weighted by Crippen LogP contribution is 2.30. The number of rotatable bonds is 2. The van der Waals surface area contributed by atoms with Crippen molar-refractivity contribution in [2.45, 2.75) is 52.1 Å². The maximum atomic E-state index is 12.7. The van der Waals surface area contributed by atoms with Gasteiger partial charge in [0.15, 0.2) is 5.82 Å². The first-order valence-electron chi connectivity index (χ1n) is 9.49. The Bertz CT molecular complexity index is 879. The van der Waals surface area contributed by atoms with Gasteiger partial charge in [0.2, 0.25) is 5.91 Å². The second kappa shape index (κ2) is 7.38. The topological polar surface area (TPSA) is 66.4 Å². The third kappa shape index (κ3) is 3.60. The quantitative estimate of drug-likeness (QED) is 0.798. The molecule has 1 fully saturated rings. The van der Waals surface area contributed by atoms with Crippen molar-refractivity contribution in [3.63, 3.8) is 0 Å². The molecule has 142 valence electrons. The molecule has 2 aromatic rings. The Morgan fingerprint density at radius 1 is 1.26 bits per heavy atom. The molecule has 0 aliphatic carbocycles. The number of piperidine rings is 1. The Balaban J connectivity index is 1.53. The first kappa shape index (κ1) is 18.1. The van der Waals surface area contributed by atoms with Crippen LogP contribution < -0.4 is 0 Å². The molecule has 1 atom stereocenters. The van der Waals surface area contributed by atoms with Crippen molar-refractivity contribution >= 4 is 23.2 Å². The van der Waals surface area contributed by atoms with Crippen LogP contribution in [0.15, 0.2) is 17.6 Å². The lowest BCUT2D eigenvalue weighted by Gasteiger charge is -2.35. The molecular weight excluding hydrogens is 360 g/mol. The zero-order valence-electron chi connectivity index (χ0n) is 15.8. The minimum absolute atomic E-state index is 0.0185. The van der Waals surface area contributed by atoms with Gasteiger partial charge in [-0.3, -0.25) is 9.59 Å². The summed E-state index contributed by atoms with van der Waals surface area (Å²) in [7, 11) is 0. The highest BCUT2D eigenvalue weighted by atomic mass is 32.1. The van der Waals surface area contributed by atoms with Crippen LogP contribution in [0.3, 0.4) is 0 Å². The smallest absolute Gasteiger partial charge is 0.255 e. The number of aromatic nitrogens is 2. The van der Waals surface area contributed by atoms with Crippen LogP contribution in [0.25, 0.3) is 0 Å². The molecule has 4 heterocycles. The predicted molar refractivity (Wildman–Crippen MR) is 104 cm³/mol. The highest BCUT2D eigenvalue weighted by Gasteiger charge is 2.30. The van der Waals surface area contributed by atoms with E-state index < -0.39 is 0 Å². The van der Waals surface area contributed by atoms with Crippen molar-refractivity contribution in [1.29, 1.82) is 0 Å². The summed E-state index contributed by atoms with van der Waals surface area (Å²) in [5, 5.41) is 1.92. The number of hydrogen-bond acceptors (Lipinski definition) is 5. The average molecular weight is 385 g/mol. The van der Waals surface area contributed by atoms with Gasteiger partial charge in [0.1, 0.15) is 0 Å². The number of hydrogen-bond donors (Lipinski definition) is 0. The molecule has 2 amide bonds. The number of amides is 2. The second-order valence-electron chi connectivity index (χ2n) is 7.35. The van der Waals surface area contributed by atoms with E-state index in [0.717, 1.165) is 59.8 Å². The van der Waals surface area contributed by atoms with Crippen LogP contribution in [0, 0.1) is 6.92 Å². The number of likely N-dealkylation sites (tertiary alicyclic amines) is 1. The van der Waals surface area contributed by atoms with Crippen LogP contribution in [0.1, 0.15) is 64.5 Å². The summed E-state index contributed by atoms with van der Waals surface area (Å²) in [6.07, 6.45) is 5.63. The van der Waals surface area contributed by atoms with Crippen molar-refractivity contribution < 1.29 is 9.59 Å². The molecule has 2 aliphatic heterocycles. The lowest BCUT2D eigenvalue weighted by molar-refractivity contribution is -0.132. The van der Waals surface area contributed by atoms with Crippen LogP contribution in [0.4, 0.5) is 0 Å². The summed E-state index contributed by atoms with van der Waals surface area (Å²) in [6, 6.07) is 1.93. The lowest BCUT2D eigenvalue weighted by Crippen LogP contribution is -2.39. The van der Waals surface area contributed by atoms with E-state index in [9.17, 15) is 9.59 Å². The molecule has 0 bridgehead atoms. The normalized spacial score (nSPS) is 19.7. The van der Waals surface area contributed by atoms with Crippen LogP contribution in [-0.2, 0) is 17.8 Å². The van der Waals surface area contributed by atoms with E-state index in [0.29, 0.717) is 13.1 Å². The number of fused-ring (bicyclic) bond motifs is 1. The van der Waals surface area contributed by atoms with Crippen LogP contribution >= 0.6 is 11.3 Å². The molecule has 27 heavy (non-hydrogen) atoms. The number of aryl methyl sites for hydroxylation is 1. The molecule has 0 spiro atoms. The fourth-order valence-corrected chi connectivity index (χ4v) is 4.66. The molecule has 2 aromatic heterocycles. The number of nitrogens with zero attached hydrogens (tertiary/aromatic N) is 4. The summed E-state index contributed by atoms with van der Waals surface area (Å²) in [4.78, 5) is 38.9. The Labute approximate surface area is 163 Å². The Hall–Kier alpha value is -2.28. The lowest BCUT2D eigenvalue weighted by atomic mass is 10.0. The maximum absolute atomic E-state index is 12.7. The van der Waals surface area contributed by atoms with E-state index in [-0.39, 0.29) is 17.9 Å². The molecule has 4 rings (SSSR count). The second-order valence-corrected chi connectivity index (χ2v) is 8.46. The molecule has 0 radical (unpaired) electrons. The largest absolute Gasteiger partial charge is 0.334 e. The van der Waals surface area contributed by atoms with E-state index >= 15 is 0 Å². The van der Waals surface area contributed by atoms with Gasteiger partial charge in [0.05, 0.1) is 17.3 Å². The predicted octanol–water partition coefficient (Wildman–Crippen LogP) is 3.12. The number of carbonyl (C=O) groups excluding carboxylic acids is 2. The number of thiophene rings is 1. The third-order valence-corrected chi connectivity index (χ3v) is 6.28. The Morgan fingerprint density at radius 2 is 2.11 bits per heavy atom. The van der Waals surface area contributed by atoms with Crippen molar-refractivity contribution in [3.8, 4) is 0 Å². The van der Waals surface area contributed by atoms with Gasteiger partial charge in [-0.1, -0.05) is 0 Å². The van der Waals surface area contributed by atoms with Crippen molar-refractivity contribution in [3.05, 3.63) is 45.2 Å². The molecule has 0 saturated carbocycles. The Kier molecular flexibility index (Phi) is 4.95. The highest BCUT2D eigenvalue weighted by molar-refractivity contribution is 7.10. The molecule has 6 nitrogen and oxygen atoms in total. The molecule has 1 unspecified atom stereocenters. The van der Waals surface area contributed by atoms with Crippen LogP contribution in [-0.4, -0.2) is 44.7 Å². The van der Waals surface area contributed by atoms with E-state index in [4.69, 9.17) is 4.98 Å². The van der Waals surface area contributed by atoms with E-state index in [1.807, 2.05) is 34.4 Å². The van der Waals surface area contributed by atoms with Crippen LogP contribution in [0.5, 0.6) is 0 Å². The monoisotopic (exact) mass is 384 g/mol. The SMILES string of the molecule is CC(=O)N1CCCCC1c1ncc2c(n1)CCN(C(=O)c1csc(C)c1)C2. The van der Waals surface area contributed by atoms with Gasteiger partial charge in [0.25, 0.3) is 5.91 Å². The molecule has 0 N–H and O–H groups in total. The minimum atomic E-state index is -0.0185. The number of carbonyl (C=O) groups is 2. The zero-order chi connectivity index (χ0) is 19.0. The molecular formula is C20H24N4O2S. The standard InChI is InChI=1S/C20H24N4O2S/c1-13-9-15(12-27-13)20(26)23-8-6-17-16(11-23)10-21-19(22-17)18-5-3-4-7-24(18)14(2)25/h9-10,12,18H,3-8,11H2,1-2H3.